The molecule has 0 bridgehead atoms. The summed E-state index contributed by atoms with van der Waals surface area (Å²) in [6.45, 7) is 1.89. The molecule has 0 aromatic heterocycles. The Kier molecular flexibility index (Phi) is 4.06. The predicted molar refractivity (Wildman–Crippen MR) is 83.4 cm³/mol. The third-order valence-corrected chi connectivity index (χ3v) is 4.23. The Labute approximate surface area is 137 Å². The molecule has 0 spiro atoms. The zero-order valence-corrected chi connectivity index (χ0v) is 13.1. The van der Waals surface area contributed by atoms with Crippen LogP contribution in [0.2, 0.25) is 0 Å². The van der Waals surface area contributed by atoms with Crippen molar-refractivity contribution >= 4 is 29.3 Å². The average molecular weight is 331 g/mol. The number of carbonyl (C=O) groups excluding carboxylic acids is 4. The normalized spacial score (nSPS) is 20.2. The van der Waals surface area contributed by atoms with E-state index >= 15 is 0 Å². The average Bonchev–Trinajstić information content (AvgIpc) is 2.78. The molecule has 0 saturated carbocycles. The lowest BCUT2D eigenvalue weighted by Crippen LogP contribution is -2.54. The topological polar surface area (TPSA) is 116 Å². The highest BCUT2D eigenvalue weighted by molar-refractivity contribution is 6.25. The standard InChI is InChI=1S/C16H17N3O5/c1-8-2-3-9-12(13(8)17-6-7-20)16(24)19(15(9)23)10-4-5-11(21)18-14(10)22/h2-3,10,17,20H,4-7H2,1H3,(H,18,21,22). The van der Waals surface area contributed by atoms with Crippen molar-refractivity contribution in [2.75, 3.05) is 18.5 Å². The van der Waals surface area contributed by atoms with Gasteiger partial charge in [0.15, 0.2) is 0 Å². The Hall–Kier alpha value is -2.74. The number of nitrogens with zero attached hydrogens (tertiary/aromatic N) is 1. The first-order valence-corrected chi connectivity index (χ1v) is 7.65. The Morgan fingerprint density at radius 3 is 2.67 bits per heavy atom. The second-order valence-electron chi connectivity index (χ2n) is 5.78. The first kappa shape index (κ1) is 16.1. The molecule has 1 atom stereocenters. The Morgan fingerprint density at radius 1 is 1.25 bits per heavy atom. The van der Waals surface area contributed by atoms with Crippen LogP contribution in [0.4, 0.5) is 5.69 Å². The number of aliphatic hydroxyl groups excluding tert-OH is 1. The van der Waals surface area contributed by atoms with Gasteiger partial charge in [-0.05, 0) is 25.0 Å². The number of anilines is 1. The summed E-state index contributed by atoms with van der Waals surface area (Å²) in [5, 5.41) is 14.1. The fourth-order valence-corrected chi connectivity index (χ4v) is 3.07. The molecule has 8 nitrogen and oxygen atoms in total. The van der Waals surface area contributed by atoms with Gasteiger partial charge < -0.3 is 10.4 Å². The van der Waals surface area contributed by atoms with Gasteiger partial charge in [-0.1, -0.05) is 6.07 Å². The Morgan fingerprint density at radius 2 is 2.00 bits per heavy atom. The third-order valence-electron chi connectivity index (χ3n) is 4.23. The van der Waals surface area contributed by atoms with E-state index in [1.165, 1.54) is 0 Å². The Balaban J connectivity index is 1.99. The minimum Gasteiger partial charge on any atom is -0.395 e. The summed E-state index contributed by atoms with van der Waals surface area (Å²) in [7, 11) is 0. The largest absolute Gasteiger partial charge is 0.395 e. The van der Waals surface area contributed by atoms with Crippen molar-refractivity contribution in [3.8, 4) is 0 Å². The van der Waals surface area contributed by atoms with Crippen molar-refractivity contribution < 1.29 is 24.3 Å². The van der Waals surface area contributed by atoms with E-state index < -0.39 is 29.7 Å². The number of aliphatic hydroxyl groups is 1. The number of hydrogen-bond donors (Lipinski definition) is 3. The third kappa shape index (κ3) is 2.44. The summed E-state index contributed by atoms with van der Waals surface area (Å²) in [6.07, 6.45) is 0.201. The molecular weight excluding hydrogens is 314 g/mol. The molecule has 0 aliphatic carbocycles. The molecule has 2 heterocycles. The predicted octanol–water partition coefficient (Wildman–Crippen LogP) is -0.200. The summed E-state index contributed by atoms with van der Waals surface area (Å²) in [6, 6.07) is 2.28. The van der Waals surface area contributed by atoms with Crippen LogP contribution in [-0.4, -0.2) is 52.8 Å². The van der Waals surface area contributed by atoms with E-state index in [0.717, 1.165) is 10.5 Å². The van der Waals surface area contributed by atoms with Crippen LogP contribution < -0.4 is 10.6 Å². The van der Waals surface area contributed by atoms with E-state index in [2.05, 4.69) is 10.6 Å². The van der Waals surface area contributed by atoms with E-state index in [1.54, 1.807) is 19.1 Å². The van der Waals surface area contributed by atoms with Gasteiger partial charge in [-0.3, -0.25) is 29.4 Å². The molecule has 4 amide bonds. The number of rotatable bonds is 4. The molecule has 3 N–H and O–H groups in total. The quantitative estimate of drug-likeness (QED) is 0.658. The first-order chi connectivity index (χ1) is 11.5. The highest BCUT2D eigenvalue weighted by Crippen LogP contribution is 2.34. The van der Waals surface area contributed by atoms with Crippen molar-refractivity contribution in [1.82, 2.24) is 10.2 Å². The van der Waals surface area contributed by atoms with E-state index in [0.29, 0.717) is 5.69 Å². The summed E-state index contributed by atoms with van der Waals surface area (Å²) < 4.78 is 0. The Bertz CT molecular complexity index is 758. The SMILES string of the molecule is Cc1ccc2c(c1NCCO)C(=O)N(C1CCC(=O)NC1=O)C2=O. The number of hydrogen-bond acceptors (Lipinski definition) is 6. The lowest BCUT2D eigenvalue weighted by Gasteiger charge is -2.27. The maximum atomic E-state index is 12.8. The van der Waals surface area contributed by atoms with Crippen LogP contribution >= 0.6 is 0 Å². The van der Waals surface area contributed by atoms with Gasteiger partial charge in [0.1, 0.15) is 6.04 Å². The molecule has 1 fully saturated rings. The second kappa shape index (κ2) is 6.04. The molecule has 2 aliphatic heterocycles. The monoisotopic (exact) mass is 331 g/mol. The van der Waals surface area contributed by atoms with E-state index in [9.17, 15) is 19.2 Å². The van der Waals surface area contributed by atoms with Gasteiger partial charge in [0.05, 0.1) is 23.4 Å². The van der Waals surface area contributed by atoms with E-state index in [4.69, 9.17) is 5.11 Å². The lowest BCUT2D eigenvalue weighted by molar-refractivity contribution is -0.136. The maximum Gasteiger partial charge on any atom is 0.264 e. The van der Waals surface area contributed by atoms with Crippen molar-refractivity contribution in [1.29, 1.82) is 0 Å². The zero-order chi connectivity index (χ0) is 17.4. The first-order valence-electron chi connectivity index (χ1n) is 7.65. The minimum absolute atomic E-state index is 0.0818. The molecule has 1 aromatic rings. The van der Waals surface area contributed by atoms with Crippen molar-refractivity contribution in [3.05, 3.63) is 28.8 Å². The highest BCUT2D eigenvalue weighted by Gasteiger charge is 2.45. The number of imide groups is 2. The summed E-state index contributed by atoms with van der Waals surface area (Å²) in [5.41, 5.74) is 1.66. The molecule has 24 heavy (non-hydrogen) atoms. The van der Waals surface area contributed by atoms with E-state index in [-0.39, 0.29) is 37.1 Å². The molecular formula is C16H17N3O5. The number of carbonyl (C=O) groups is 4. The zero-order valence-electron chi connectivity index (χ0n) is 13.1. The van der Waals surface area contributed by atoms with Gasteiger partial charge in [-0.2, -0.15) is 0 Å². The van der Waals surface area contributed by atoms with Crippen molar-refractivity contribution in [2.24, 2.45) is 0 Å². The molecule has 1 unspecified atom stereocenters. The number of fused-ring (bicyclic) bond motifs is 1. The van der Waals surface area contributed by atoms with Crippen molar-refractivity contribution in [3.63, 3.8) is 0 Å². The summed E-state index contributed by atoms with van der Waals surface area (Å²) in [5.74, 6) is -2.15. The minimum atomic E-state index is -0.985. The van der Waals surface area contributed by atoms with Gasteiger partial charge >= 0.3 is 0 Å². The van der Waals surface area contributed by atoms with Gasteiger partial charge in [-0.15, -0.1) is 0 Å². The van der Waals surface area contributed by atoms with Crippen LogP contribution in [0.15, 0.2) is 12.1 Å². The molecule has 1 saturated heterocycles. The molecule has 2 aliphatic rings. The highest BCUT2D eigenvalue weighted by atomic mass is 16.3. The molecule has 126 valence electrons. The van der Waals surface area contributed by atoms with E-state index in [1.807, 2.05) is 0 Å². The van der Waals surface area contributed by atoms with Crippen LogP contribution in [0, 0.1) is 6.92 Å². The van der Waals surface area contributed by atoms with Crippen LogP contribution in [0.25, 0.3) is 0 Å². The van der Waals surface area contributed by atoms with Gasteiger partial charge in [0.25, 0.3) is 11.8 Å². The van der Waals surface area contributed by atoms with Crippen molar-refractivity contribution in [2.45, 2.75) is 25.8 Å². The van der Waals surface area contributed by atoms with Crippen LogP contribution in [-0.2, 0) is 9.59 Å². The number of piperidine rings is 1. The van der Waals surface area contributed by atoms with Gasteiger partial charge in [0, 0.05) is 13.0 Å². The van der Waals surface area contributed by atoms with Crippen LogP contribution in [0.3, 0.4) is 0 Å². The smallest absolute Gasteiger partial charge is 0.264 e. The molecule has 3 rings (SSSR count). The fourth-order valence-electron chi connectivity index (χ4n) is 3.07. The number of aryl methyl sites for hydroxylation is 1. The lowest BCUT2D eigenvalue weighted by atomic mass is 10.0. The molecule has 0 radical (unpaired) electrons. The summed E-state index contributed by atoms with van der Waals surface area (Å²) in [4.78, 5) is 49.7. The van der Waals surface area contributed by atoms with Gasteiger partial charge in [-0.25, -0.2) is 0 Å². The number of benzene rings is 1. The fraction of sp³-hybridized carbons (Fsp3) is 0.375. The van der Waals surface area contributed by atoms with Crippen LogP contribution in [0.5, 0.6) is 0 Å². The van der Waals surface area contributed by atoms with Gasteiger partial charge in [0.2, 0.25) is 11.8 Å². The maximum absolute atomic E-state index is 12.8. The van der Waals surface area contributed by atoms with Crippen LogP contribution in [0.1, 0.15) is 39.1 Å². The number of amides is 4. The summed E-state index contributed by atoms with van der Waals surface area (Å²) >= 11 is 0. The second-order valence-corrected chi connectivity index (χ2v) is 5.78. The molecule has 8 heteroatoms. The molecule has 1 aromatic carbocycles. The number of nitrogens with one attached hydrogen (secondary N) is 2.